The Labute approximate surface area is 164 Å². The van der Waals surface area contributed by atoms with Crippen LogP contribution >= 0.6 is 11.3 Å². The Morgan fingerprint density at radius 1 is 1.15 bits per heavy atom. The first-order valence-corrected chi connectivity index (χ1v) is 10.2. The van der Waals surface area contributed by atoms with Gasteiger partial charge in [0.25, 0.3) is 0 Å². The number of ether oxygens (including phenoxy) is 2. The molecule has 0 saturated carbocycles. The van der Waals surface area contributed by atoms with Gasteiger partial charge in [-0.05, 0) is 52.0 Å². The molecule has 0 bridgehead atoms. The predicted molar refractivity (Wildman–Crippen MR) is 105 cm³/mol. The fourth-order valence-corrected chi connectivity index (χ4v) is 4.40. The molecule has 2 amide bonds. The fourth-order valence-electron chi connectivity index (χ4n) is 3.32. The van der Waals surface area contributed by atoms with Crippen LogP contribution in [0.5, 0.6) is 0 Å². The van der Waals surface area contributed by atoms with Crippen molar-refractivity contribution in [1.82, 2.24) is 4.90 Å². The van der Waals surface area contributed by atoms with Crippen LogP contribution in [0, 0.1) is 12.8 Å². The largest absolute Gasteiger partial charge is 0.462 e. The number of carbonyl (C=O) groups is 3. The Morgan fingerprint density at radius 2 is 1.78 bits per heavy atom. The molecule has 27 heavy (non-hydrogen) atoms. The summed E-state index contributed by atoms with van der Waals surface area (Å²) in [4.78, 5) is 39.5. The highest BCUT2D eigenvalue weighted by Crippen LogP contribution is 2.35. The summed E-state index contributed by atoms with van der Waals surface area (Å²) in [5.74, 6) is -0.484. The number of carbonyl (C=O) groups excluding carboxylic acids is 3. The second-order valence-corrected chi connectivity index (χ2v) is 7.82. The lowest BCUT2D eigenvalue weighted by Crippen LogP contribution is -2.46. The van der Waals surface area contributed by atoms with Gasteiger partial charge in [-0.3, -0.25) is 5.32 Å². The number of rotatable bonds is 5. The number of amides is 2. The van der Waals surface area contributed by atoms with Crippen molar-refractivity contribution in [3.63, 3.8) is 0 Å². The summed E-state index contributed by atoms with van der Waals surface area (Å²) in [6.45, 7) is 10.4. The van der Waals surface area contributed by atoms with Gasteiger partial charge in [-0.1, -0.05) is 6.92 Å². The van der Waals surface area contributed by atoms with Gasteiger partial charge in [-0.15, -0.1) is 11.3 Å². The second-order valence-electron chi connectivity index (χ2n) is 6.80. The van der Waals surface area contributed by atoms with E-state index in [1.807, 2.05) is 6.92 Å². The van der Waals surface area contributed by atoms with E-state index >= 15 is 0 Å². The molecule has 150 valence electrons. The summed E-state index contributed by atoms with van der Waals surface area (Å²) in [5, 5.41) is 3.14. The summed E-state index contributed by atoms with van der Waals surface area (Å²) in [6.07, 6.45) is 1.88. The molecule has 0 aliphatic carbocycles. The third kappa shape index (κ3) is 4.80. The van der Waals surface area contributed by atoms with E-state index in [1.54, 1.807) is 25.7 Å². The number of esters is 2. The second kappa shape index (κ2) is 9.21. The van der Waals surface area contributed by atoms with Crippen LogP contribution in [0.2, 0.25) is 0 Å². The monoisotopic (exact) mass is 396 g/mol. The molecule has 1 N–H and O–H groups in total. The molecule has 0 spiro atoms. The molecule has 1 fully saturated rings. The lowest BCUT2D eigenvalue weighted by Gasteiger charge is -2.36. The molecule has 1 aromatic heterocycles. The van der Waals surface area contributed by atoms with E-state index in [0.29, 0.717) is 27.9 Å². The van der Waals surface area contributed by atoms with Gasteiger partial charge >= 0.3 is 18.0 Å². The van der Waals surface area contributed by atoms with Crippen LogP contribution in [0.25, 0.3) is 0 Å². The molecule has 2 unspecified atom stereocenters. The number of piperidine rings is 1. The van der Waals surface area contributed by atoms with E-state index in [4.69, 9.17) is 9.47 Å². The predicted octanol–water partition coefficient (Wildman–Crippen LogP) is 4.06. The average molecular weight is 397 g/mol. The van der Waals surface area contributed by atoms with Crippen molar-refractivity contribution in [3.05, 3.63) is 16.0 Å². The number of likely N-dealkylation sites (tertiary alicyclic amines) is 1. The molecular weight excluding hydrogens is 368 g/mol. The van der Waals surface area contributed by atoms with Crippen LogP contribution < -0.4 is 5.32 Å². The highest BCUT2D eigenvalue weighted by Gasteiger charge is 2.31. The smallest absolute Gasteiger partial charge is 0.348 e. The third-order valence-corrected chi connectivity index (χ3v) is 5.89. The maximum atomic E-state index is 12.8. The first-order valence-electron chi connectivity index (χ1n) is 9.35. The van der Waals surface area contributed by atoms with Crippen LogP contribution in [-0.4, -0.2) is 48.7 Å². The van der Waals surface area contributed by atoms with Crippen molar-refractivity contribution in [2.45, 2.75) is 53.5 Å². The number of thiophene rings is 1. The molecule has 2 rings (SSSR count). The number of anilines is 1. The average Bonchev–Trinajstić information content (AvgIpc) is 2.91. The molecule has 1 aliphatic heterocycles. The molecule has 7 nitrogen and oxygen atoms in total. The van der Waals surface area contributed by atoms with E-state index < -0.39 is 11.9 Å². The number of hydrogen-bond acceptors (Lipinski definition) is 6. The third-order valence-electron chi connectivity index (χ3n) is 4.71. The van der Waals surface area contributed by atoms with E-state index in [2.05, 4.69) is 12.2 Å². The molecule has 1 aromatic rings. The summed E-state index contributed by atoms with van der Waals surface area (Å²) < 4.78 is 10.2. The number of nitrogens with one attached hydrogen (secondary N) is 1. The lowest BCUT2D eigenvalue weighted by atomic mass is 9.94. The summed E-state index contributed by atoms with van der Waals surface area (Å²) in [7, 11) is 0. The van der Waals surface area contributed by atoms with Gasteiger partial charge in [0, 0.05) is 12.6 Å². The van der Waals surface area contributed by atoms with Crippen molar-refractivity contribution in [2.75, 3.05) is 25.1 Å². The van der Waals surface area contributed by atoms with Gasteiger partial charge in [0.1, 0.15) is 9.88 Å². The SMILES string of the molecule is CCOC(=O)c1sc(NC(=O)N2CCC(C)CC2C)c(C(=O)OCC)c1C. The van der Waals surface area contributed by atoms with Crippen molar-refractivity contribution in [1.29, 1.82) is 0 Å². The standard InChI is InChI=1S/C19H28N2O5S/c1-6-25-17(22)14-13(5)15(18(23)26-7-2)27-16(14)20-19(24)21-9-8-11(3)10-12(21)4/h11-12H,6-10H2,1-5H3,(H,20,24). The lowest BCUT2D eigenvalue weighted by molar-refractivity contribution is 0.0527. The Kier molecular flexibility index (Phi) is 7.24. The molecule has 2 heterocycles. The van der Waals surface area contributed by atoms with Gasteiger partial charge in [0.15, 0.2) is 0 Å². The summed E-state index contributed by atoms with van der Waals surface area (Å²) in [5.41, 5.74) is 0.684. The van der Waals surface area contributed by atoms with Crippen LogP contribution in [-0.2, 0) is 9.47 Å². The number of nitrogens with zero attached hydrogens (tertiary/aromatic N) is 1. The molecule has 8 heteroatoms. The zero-order valence-electron chi connectivity index (χ0n) is 16.6. The maximum Gasteiger partial charge on any atom is 0.348 e. The minimum absolute atomic E-state index is 0.116. The molecular formula is C19H28N2O5S. The van der Waals surface area contributed by atoms with Crippen LogP contribution in [0.15, 0.2) is 0 Å². The van der Waals surface area contributed by atoms with E-state index in [1.165, 1.54) is 0 Å². The highest BCUT2D eigenvalue weighted by molar-refractivity contribution is 7.18. The number of urea groups is 1. The molecule has 0 aromatic carbocycles. The molecule has 0 radical (unpaired) electrons. The van der Waals surface area contributed by atoms with Crippen molar-refractivity contribution in [3.8, 4) is 0 Å². The van der Waals surface area contributed by atoms with Gasteiger partial charge in [-0.2, -0.15) is 0 Å². The van der Waals surface area contributed by atoms with E-state index in [-0.39, 0.29) is 30.9 Å². The first kappa shape index (κ1) is 21.2. The Balaban J connectivity index is 2.31. The zero-order chi connectivity index (χ0) is 20.1. The topological polar surface area (TPSA) is 84.9 Å². The van der Waals surface area contributed by atoms with Crippen molar-refractivity contribution >= 4 is 34.3 Å². The van der Waals surface area contributed by atoms with E-state index in [0.717, 1.165) is 24.2 Å². The first-order chi connectivity index (χ1) is 12.8. The Morgan fingerprint density at radius 3 is 2.37 bits per heavy atom. The summed E-state index contributed by atoms with van der Waals surface area (Å²) in [6, 6.07) is -0.151. The van der Waals surface area contributed by atoms with E-state index in [9.17, 15) is 14.4 Å². The molecule has 2 atom stereocenters. The van der Waals surface area contributed by atoms with Crippen molar-refractivity contribution < 1.29 is 23.9 Å². The molecule has 1 saturated heterocycles. The maximum absolute atomic E-state index is 12.8. The minimum Gasteiger partial charge on any atom is -0.462 e. The number of hydrogen-bond donors (Lipinski definition) is 1. The van der Waals surface area contributed by atoms with Crippen LogP contribution in [0.1, 0.15) is 66.1 Å². The highest BCUT2D eigenvalue weighted by atomic mass is 32.1. The fraction of sp³-hybridized carbons (Fsp3) is 0.632. The quantitative estimate of drug-likeness (QED) is 0.759. The van der Waals surface area contributed by atoms with Gasteiger partial charge < -0.3 is 14.4 Å². The van der Waals surface area contributed by atoms with Crippen LogP contribution in [0.4, 0.5) is 9.80 Å². The van der Waals surface area contributed by atoms with Crippen molar-refractivity contribution in [2.24, 2.45) is 5.92 Å². The normalized spacial score (nSPS) is 19.5. The minimum atomic E-state index is -0.558. The van der Waals surface area contributed by atoms with Gasteiger partial charge in [0.05, 0.1) is 18.8 Å². The Hall–Kier alpha value is -2.09. The molecule has 1 aliphatic rings. The Bertz CT molecular complexity index is 715. The summed E-state index contributed by atoms with van der Waals surface area (Å²) >= 11 is 1.05. The van der Waals surface area contributed by atoms with Gasteiger partial charge in [0.2, 0.25) is 0 Å². The van der Waals surface area contributed by atoms with Gasteiger partial charge in [-0.25, -0.2) is 14.4 Å². The van der Waals surface area contributed by atoms with Crippen LogP contribution in [0.3, 0.4) is 0 Å². The zero-order valence-corrected chi connectivity index (χ0v) is 17.4.